The summed E-state index contributed by atoms with van der Waals surface area (Å²) in [5, 5.41) is 3.27. The van der Waals surface area contributed by atoms with Crippen LogP contribution in [-0.4, -0.2) is 49.2 Å². The quantitative estimate of drug-likeness (QED) is 0.848. The normalized spacial score (nSPS) is 28.3. The fourth-order valence-corrected chi connectivity index (χ4v) is 2.86. The summed E-state index contributed by atoms with van der Waals surface area (Å²) in [6, 6.07) is 0.444. The molecule has 1 N–H and O–H groups in total. The summed E-state index contributed by atoms with van der Waals surface area (Å²) in [4.78, 5) is 14.3. The Balaban J connectivity index is 0.00000162. The lowest BCUT2D eigenvalue weighted by Crippen LogP contribution is -2.44. The molecule has 2 unspecified atom stereocenters. The summed E-state index contributed by atoms with van der Waals surface area (Å²) >= 11 is 0. The third-order valence-electron chi connectivity index (χ3n) is 3.80. The van der Waals surface area contributed by atoms with Gasteiger partial charge in [0.05, 0.1) is 19.1 Å². The summed E-state index contributed by atoms with van der Waals surface area (Å²) in [7, 11) is 0. The molecule has 5 heteroatoms. The lowest BCUT2D eigenvalue weighted by atomic mass is 10.0. The number of ether oxygens (including phenoxy) is 1. The number of amides is 1. The molecule has 1 amide bonds. The van der Waals surface area contributed by atoms with Crippen LogP contribution in [0.25, 0.3) is 0 Å². The molecule has 0 bridgehead atoms. The third-order valence-corrected chi connectivity index (χ3v) is 3.80. The number of rotatable bonds is 3. The van der Waals surface area contributed by atoms with E-state index in [-0.39, 0.29) is 24.4 Å². The molecule has 2 aliphatic heterocycles. The molecule has 0 spiro atoms. The first-order valence-electron chi connectivity index (χ1n) is 6.80. The topological polar surface area (TPSA) is 41.6 Å². The van der Waals surface area contributed by atoms with Gasteiger partial charge in [-0.15, -0.1) is 12.4 Å². The van der Waals surface area contributed by atoms with Crippen LogP contribution >= 0.6 is 12.4 Å². The Bertz CT molecular complexity index is 268. The number of likely N-dealkylation sites (tertiary alicyclic amines) is 1. The van der Waals surface area contributed by atoms with Gasteiger partial charge in [0.25, 0.3) is 0 Å². The van der Waals surface area contributed by atoms with Crippen molar-refractivity contribution in [1.82, 2.24) is 10.2 Å². The lowest BCUT2D eigenvalue weighted by Gasteiger charge is -2.30. The van der Waals surface area contributed by atoms with Gasteiger partial charge in [-0.25, -0.2) is 0 Å². The number of carbonyl (C=O) groups is 1. The van der Waals surface area contributed by atoms with Crippen LogP contribution in [0, 0.1) is 5.92 Å². The van der Waals surface area contributed by atoms with Gasteiger partial charge in [0, 0.05) is 25.7 Å². The molecule has 0 aromatic rings. The predicted octanol–water partition coefficient (Wildman–Crippen LogP) is 1.43. The first-order valence-corrected chi connectivity index (χ1v) is 6.80. The van der Waals surface area contributed by atoms with E-state index < -0.39 is 0 Å². The molecule has 106 valence electrons. The lowest BCUT2D eigenvalue weighted by molar-refractivity contribution is -0.136. The van der Waals surface area contributed by atoms with E-state index in [2.05, 4.69) is 24.1 Å². The van der Waals surface area contributed by atoms with Gasteiger partial charge < -0.3 is 15.0 Å². The highest BCUT2D eigenvalue weighted by atomic mass is 35.5. The minimum atomic E-state index is 0. The fourth-order valence-electron chi connectivity index (χ4n) is 2.86. The van der Waals surface area contributed by atoms with Crippen LogP contribution in [0.2, 0.25) is 0 Å². The van der Waals surface area contributed by atoms with Gasteiger partial charge in [-0.1, -0.05) is 13.8 Å². The van der Waals surface area contributed by atoms with Crippen LogP contribution in [0.4, 0.5) is 0 Å². The molecule has 2 aliphatic rings. The molecular weight excluding hydrogens is 252 g/mol. The SMILES string of the molecule is CC(C)C1CCCN1C(=O)CC1CNCCO1.Cl. The molecule has 18 heavy (non-hydrogen) atoms. The van der Waals surface area contributed by atoms with Crippen molar-refractivity contribution in [1.29, 1.82) is 0 Å². The highest BCUT2D eigenvalue weighted by Crippen LogP contribution is 2.24. The van der Waals surface area contributed by atoms with Crippen molar-refractivity contribution in [2.24, 2.45) is 5.92 Å². The van der Waals surface area contributed by atoms with E-state index in [1.807, 2.05) is 0 Å². The van der Waals surface area contributed by atoms with Crippen LogP contribution < -0.4 is 5.32 Å². The van der Waals surface area contributed by atoms with Gasteiger partial charge >= 0.3 is 0 Å². The van der Waals surface area contributed by atoms with Crippen LogP contribution in [0.5, 0.6) is 0 Å². The average molecular weight is 277 g/mol. The molecule has 2 heterocycles. The first kappa shape index (κ1) is 15.7. The summed E-state index contributed by atoms with van der Waals surface area (Å²) in [5.74, 6) is 0.835. The monoisotopic (exact) mass is 276 g/mol. The Hall–Kier alpha value is -0.320. The maximum atomic E-state index is 12.2. The Morgan fingerprint density at radius 1 is 1.50 bits per heavy atom. The largest absolute Gasteiger partial charge is 0.375 e. The van der Waals surface area contributed by atoms with E-state index >= 15 is 0 Å². The summed E-state index contributed by atoms with van der Waals surface area (Å²) in [5.41, 5.74) is 0. The van der Waals surface area contributed by atoms with E-state index in [1.54, 1.807) is 0 Å². The molecule has 2 atom stereocenters. The Morgan fingerprint density at radius 3 is 2.89 bits per heavy atom. The second-order valence-electron chi connectivity index (χ2n) is 5.44. The van der Waals surface area contributed by atoms with E-state index in [1.165, 1.54) is 0 Å². The van der Waals surface area contributed by atoms with Crippen LogP contribution in [0.3, 0.4) is 0 Å². The average Bonchev–Trinajstić information content (AvgIpc) is 2.79. The third kappa shape index (κ3) is 3.84. The smallest absolute Gasteiger partial charge is 0.225 e. The number of carbonyl (C=O) groups excluding carboxylic acids is 1. The molecule has 4 nitrogen and oxygen atoms in total. The molecule has 2 fully saturated rings. The first-order chi connectivity index (χ1) is 8.18. The second kappa shape index (κ2) is 7.31. The second-order valence-corrected chi connectivity index (χ2v) is 5.44. The van der Waals surface area contributed by atoms with Crippen molar-refractivity contribution in [3.8, 4) is 0 Å². The van der Waals surface area contributed by atoms with Crippen LogP contribution in [0.15, 0.2) is 0 Å². The van der Waals surface area contributed by atoms with Crippen molar-refractivity contribution >= 4 is 18.3 Å². The van der Waals surface area contributed by atoms with Gasteiger partial charge in [-0.2, -0.15) is 0 Å². The number of nitrogens with one attached hydrogen (secondary N) is 1. The highest BCUT2D eigenvalue weighted by Gasteiger charge is 2.32. The number of hydrogen-bond donors (Lipinski definition) is 1. The highest BCUT2D eigenvalue weighted by molar-refractivity contribution is 5.85. The zero-order valence-corrected chi connectivity index (χ0v) is 12.2. The fraction of sp³-hybridized carbons (Fsp3) is 0.923. The van der Waals surface area contributed by atoms with Crippen molar-refractivity contribution in [3.05, 3.63) is 0 Å². The maximum Gasteiger partial charge on any atom is 0.225 e. The molecule has 0 aromatic heterocycles. The minimum absolute atomic E-state index is 0. The summed E-state index contributed by atoms with van der Waals surface area (Å²) < 4.78 is 5.59. The maximum absolute atomic E-state index is 12.2. The zero-order valence-electron chi connectivity index (χ0n) is 11.4. The Morgan fingerprint density at radius 2 is 2.28 bits per heavy atom. The van der Waals surface area contributed by atoms with Crippen LogP contribution in [-0.2, 0) is 9.53 Å². The van der Waals surface area contributed by atoms with E-state index in [0.717, 1.165) is 39.1 Å². The van der Waals surface area contributed by atoms with Crippen molar-refractivity contribution in [3.63, 3.8) is 0 Å². The van der Waals surface area contributed by atoms with Gasteiger partial charge in [-0.05, 0) is 18.8 Å². The predicted molar refractivity (Wildman–Crippen MR) is 74.0 cm³/mol. The molecule has 0 radical (unpaired) electrons. The van der Waals surface area contributed by atoms with E-state index in [9.17, 15) is 4.79 Å². The summed E-state index contributed by atoms with van der Waals surface area (Å²) in [6.07, 6.45) is 2.92. The molecule has 0 aromatic carbocycles. The van der Waals surface area contributed by atoms with Gasteiger partial charge in [-0.3, -0.25) is 4.79 Å². The number of morpholine rings is 1. The minimum Gasteiger partial charge on any atom is -0.375 e. The molecule has 0 saturated carbocycles. The van der Waals surface area contributed by atoms with Gasteiger partial charge in [0.1, 0.15) is 0 Å². The zero-order chi connectivity index (χ0) is 12.3. The van der Waals surface area contributed by atoms with Crippen LogP contribution in [0.1, 0.15) is 33.1 Å². The van der Waals surface area contributed by atoms with Crippen molar-refractivity contribution in [2.45, 2.75) is 45.3 Å². The van der Waals surface area contributed by atoms with Crippen molar-refractivity contribution in [2.75, 3.05) is 26.2 Å². The van der Waals surface area contributed by atoms with Crippen molar-refractivity contribution < 1.29 is 9.53 Å². The standard InChI is InChI=1S/C13H24N2O2.ClH/c1-10(2)12-4-3-6-15(12)13(16)8-11-9-14-5-7-17-11;/h10-12,14H,3-9H2,1-2H3;1H. The Labute approximate surface area is 116 Å². The Kier molecular flexibility index (Phi) is 6.39. The molecule has 2 saturated heterocycles. The van der Waals surface area contributed by atoms with Gasteiger partial charge in [0.2, 0.25) is 5.91 Å². The molecule has 0 aliphatic carbocycles. The summed E-state index contributed by atoms with van der Waals surface area (Å²) in [6.45, 7) is 7.78. The van der Waals surface area contributed by atoms with E-state index in [4.69, 9.17) is 4.74 Å². The van der Waals surface area contributed by atoms with E-state index in [0.29, 0.717) is 18.4 Å². The molecule has 2 rings (SSSR count). The number of nitrogens with zero attached hydrogens (tertiary/aromatic N) is 1. The number of halogens is 1. The molecular formula is C13H25ClN2O2. The van der Waals surface area contributed by atoms with Gasteiger partial charge in [0.15, 0.2) is 0 Å². The number of hydrogen-bond acceptors (Lipinski definition) is 3.